The van der Waals surface area contributed by atoms with Crippen LogP contribution >= 0.6 is 11.8 Å². The van der Waals surface area contributed by atoms with E-state index in [1.165, 1.54) is 11.6 Å². The van der Waals surface area contributed by atoms with E-state index < -0.39 is 5.25 Å². The van der Waals surface area contributed by atoms with Crippen molar-refractivity contribution in [2.24, 2.45) is 0 Å². The van der Waals surface area contributed by atoms with Crippen LogP contribution in [0, 0.1) is 0 Å². The summed E-state index contributed by atoms with van der Waals surface area (Å²) in [6.45, 7) is 3.81. The monoisotopic (exact) mass is 318 g/mol. The van der Waals surface area contributed by atoms with Gasteiger partial charge in [0.25, 0.3) is 5.56 Å². The van der Waals surface area contributed by atoms with Gasteiger partial charge in [0.05, 0.1) is 5.25 Å². The topological polar surface area (TPSA) is 101 Å². The van der Waals surface area contributed by atoms with E-state index in [-0.39, 0.29) is 17.3 Å². The molecular weight excluding hydrogens is 300 g/mol. The highest BCUT2D eigenvalue weighted by Gasteiger charge is 2.16. The molecule has 0 aliphatic heterocycles. The number of nitrogens with zero attached hydrogens (tertiary/aromatic N) is 1. The molecule has 22 heavy (non-hydrogen) atoms. The maximum Gasteiger partial charge on any atom is 0.253 e. The molecule has 4 N–H and O–H groups in total. The van der Waals surface area contributed by atoms with Crippen LogP contribution in [0.2, 0.25) is 0 Å². The fraction of sp³-hybridized carbons (Fsp3) is 0.267. The van der Waals surface area contributed by atoms with E-state index >= 15 is 0 Å². The van der Waals surface area contributed by atoms with Crippen LogP contribution in [0.25, 0.3) is 0 Å². The number of carbonyl (C=O) groups is 1. The van der Waals surface area contributed by atoms with Gasteiger partial charge in [-0.3, -0.25) is 9.59 Å². The highest BCUT2D eigenvalue weighted by atomic mass is 32.2. The summed E-state index contributed by atoms with van der Waals surface area (Å²) in [6, 6.07) is 8.89. The van der Waals surface area contributed by atoms with Crippen molar-refractivity contribution in [2.45, 2.75) is 30.7 Å². The van der Waals surface area contributed by atoms with Crippen LogP contribution in [0.5, 0.6) is 0 Å². The molecule has 7 heteroatoms. The van der Waals surface area contributed by atoms with Crippen molar-refractivity contribution in [1.29, 1.82) is 0 Å². The molecule has 1 heterocycles. The van der Waals surface area contributed by atoms with E-state index in [1.54, 1.807) is 6.92 Å². The number of thioether (sulfide) groups is 1. The SMILES string of the molecule is CCc1ccc(NC(=O)[C@@H](C)Sc2nc(N)cc(=O)[nH]2)cc1. The van der Waals surface area contributed by atoms with E-state index in [1.807, 2.05) is 24.3 Å². The number of benzene rings is 1. The number of carbonyl (C=O) groups excluding carboxylic acids is 1. The number of aromatic amines is 1. The number of nitrogens with one attached hydrogen (secondary N) is 2. The van der Waals surface area contributed by atoms with Crippen molar-refractivity contribution in [3.63, 3.8) is 0 Å². The molecule has 0 aliphatic rings. The molecule has 116 valence electrons. The molecule has 0 fully saturated rings. The fourth-order valence-corrected chi connectivity index (χ4v) is 2.62. The number of rotatable bonds is 5. The van der Waals surface area contributed by atoms with Crippen molar-refractivity contribution >= 4 is 29.2 Å². The normalized spacial score (nSPS) is 11.9. The van der Waals surface area contributed by atoms with Gasteiger partial charge in [0.1, 0.15) is 5.82 Å². The number of hydrogen-bond donors (Lipinski definition) is 3. The molecule has 0 spiro atoms. The lowest BCUT2D eigenvalue weighted by molar-refractivity contribution is -0.115. The van der Waals surface area contributed by atoms with Gasteiger partial charge < -0.3 is 16.0 Å². The molecule has 0 saturated carbocycles. The minimum absolute atomic E-state index is 0.133. The Morgan fingerprint density at radius 1 is 1.41 bits per heavy atom. The molecule has 0 radical (unpaired) electrons. The lowest BCUT2D eigenvalue weighted by Gasteiger charge is -2.11. The first-order valence-electron chi connectivity index (χ1n) is 6.91. The van der Waals surface area contributed by atoms with Crippen LogP contribution in [-0.2, 0) is 11.2 Å². The Balaban J connectivity index is 2.00. The third kappa shape index (κ3) is 4.36. The van der Waals surface area contributed by atoms with Crippen LogP contribution in [0.15, 0.2) is 40.3 Å². The molecule has 1 atom stereocenters. The Hall–Kier alpha value is -2.28. The summed E-state index contributed by atoms with van der Waals surface area (Å²) in [7, 11) is 0. The average molecular weight is 318 g/mol. The number of hydrogen-bond acceptors (Lipinski definition) is 5. The Labute approximate surface area is 132 Å². The first-order chi connectivity index (χ1) is 10.5. The molecule has 0 bridgehead atoms. The zero-order chi connectivity index (χ0) is 16.1. The van der Waals surface area contributed by atoms with Crippen molar-refractivity contribution in [3.05, 3.63) is 46.2 Å². The van der Waals surface area contributed by atoms with Crippen molar-refractivity contribution in [1.82, 2.24) is 9.97 Å². The second kappa shape index (κ2) is 7.13. The van der Waals surface area contributed by atoms with E-state index in [2.05, 4.69) is 22.2 Å². The van der Waals surface area contributed by atoms with Gasteiger partial charge >= 0.3 is 0 Å². The molecule has 1 aromatic carbocycles. The Kier molecular flexibility index (Phi) is 5.21. The first-order valence-corrected chi connectivity index (χ1v) is 7.79. The van der Waals surface area contributed by atoms with Gasteiger partial charge in [-0.15, -0.1) is 0 Å². The zero-order valence-electron chi connectivity index (χ0n) is 12.4. The second-order valence-corrected chi connectivity index (χ2v) is 6.10. The largest absolute Gasteiger partial charge is 0.383 e. The minimum Gasteiger partial charge on any atom is -0.383 e. The number of aryl methyl sites for hydroxylation is 1. The summed E-state index contributed by atoms with van der Waals surface area (Å²) in [5, 5.41) is 2.74. The van der Waals surface area contributed by atoms with Gasteiger partial charge in [0, 0.05) is 11.8 Å². The predicted molar refractivity (Wildman–Crippen MR) is 89.0 cm³/mol. The number of aromatic nitrogens is 2. The summed E-state index contributed by atoms with van der Waals surface area (Å²) in [5.74, 6) is -0.0339. The van der Waals surface area contributed by atoms with E-state index in [0.717, 1.165) is 23.9 Å². The van der Waals surface area contributed by atoms with Crippen molar-refractivity contribution in [2.75, 3.05) is 11.1 Å². The van der Waals surface area contributed by atoms with Gasteiger partial charge in [-0.05, 0) is 31.0 Å². The Morgan fingerprint density at radius 3 is 2.68 bits per heavy atom. The zero-order valence-corrected chi connectivity index (χ0v) is 13.2. The number of amides is 1. The van der Waals surface area contributed by atoms with Gasteiger partial charge in [0.15, 0.2) is 5.16 Å². The van der Waals surface area contributed by atoms with Crippen LogP contribution < -0.4 is 16.6 Å². The van der Waals surface area contributed by atoms with Gasteiger partial charge in [-0.25, -0.2) is 4.98 Å². The molecule has 1 amide bonds. The average Bonchev–Trinajstić information content (AvgIpc) is 2.46. The minimum atomic E-state index is -0.421. The quantitative estimate of drug-likeness (QED) is 0.578. The number of H-pyrrole nitrogens is 1. The molecule has 6 nitrogen and oxygen atoms in total. The fourth-order valence-electron chi connectivity index (χ4n) is 1.80. The molecular formula is C15H18N4O2S. The third-order valence-corrected chi connectivity index (χ3v) is 4.01. The number of nitrogens with two attached hydrogens (primary N) is 1. The lowest BCUT2D eigenvalue weighted by atomic mass is 10.1. The molecule has 0 saturated heterocycles. The predicted octanol–water partition coefficient (Wildman–Crippen LogP) is 2.03. The van der Waals surface area contributed by atoms with Crippen LogP contribution in [-0.4, -0.2) is 21.1 Å². The van der Waals surface area contributed by atoms with Crippen LogP contribution in [0.1, 0.15) is 19.4 Å². The van der Waals surface area contributed by atoms with E-state index in [9.17, 15) is 9.59 Å². The van der Waals surface area contributed by atoms with Gasteiger partial charge in [-0.1, -0.05) is 30.8 Å². The van der Waals surface area contributed by atoms with Crippen LogP contribution in [0.3, 0.4) is 0 Å². The third-order valence-electron chi connectivity index (χ3n) is 3.03. The second-order valence-electron chi connectivity index (χ2n) is 4.78. The summed E-state index contributed by atoms with van der Waals surface area (Å²) in [5.41, 5.74) is 7.13. The van der Waals surface area contributed by atoms with Crippen LogP contribution in [0.4, 0.5) is 11.5 Å². The smallest absolute Gasteiger partial charge is 0.253 e. The van der Waals surface area contributed by atoms with E-state index in [4.69, 9.17) is 5.73 Å². The Bertz CT molecular complexity index is 712. The molecule has 2 rings (SSSR count). The lowest BCUT2D eigenvalue weighted by Crippen LogP contribution is -2.23. The number of nitrogen functional groups attached to an aromatic ring is 1. The molecule has 0 unspecified atom stereocenters. The van der Waals surface area contributed by atoms with Crippen molar-refractivity contribution < 1.29 is 4.79 Å². The number of anilines is 2. The standard InChI is InChI=1S/C15H18N4O2S/c1-3-10-4-6-11(7-5-10)17-14(21)9(2)22-15-18-12(16)8-13(20)19-15/h4-9H,3H2,1-2H3,(H,17,21)(H3,16,18,19,20)/t9-/m1/s1. The molecule has 0 aliphatic carbocycles. The summed E-state index contributed by atoms with van der Waals surface area (Å²) in [6.07, 6.45) is 0.953. The summed E-state index contributed by atoms with van der Waals surface area (Å²) < 4.78 is 0. The molecule has 2 aromatic rings. The maximum absolute atomic E-state index is 12.2. The van der Waals surface area contributed by atoms with Gasteiger partial charge in [0.2, 0.25) is 5.91 Å². The van der Waals surface area contributed by atoms with Gasteiger partial charge in [-0.2, -0.15) is 0 Å². The molecule has 1 aromatic heterocycles. The summed E-state index contributed by atoms with van der Waals surface area (Å²) in [4.78, 5) is 30.0. The highest BCUT2D eigenvalue weighted by molar-refractivity contribution is 8.00. The van der Waals surface area contributed by atoms with Crippen molar-refractivity contribution in [3.8, 4) is 0 Å². The summed E-state index contributed by atoms with van der Waals surface area (Å²) >= 11 is 1.15. The first kappa shape index (κ1) is 16.1. The maximum atomic E-state index is 12.2. The highest BCUT2D eigenvalue weighted by Crippen LogP contribution is 2.20. The Morgan fingerprint density at radius 2 is 2.09 bits per heavy atom. The van der Waals surface area contributed by atoms with E-state index in [0.29, 0.717) is 5.16 Å².